The van der Waals surface area contributed by atoms with E-state index in [-0.39, 0.29) is 18.0 Å². The zero-order valence-corrected chi connectivity index (χ0v) is 7.93. The number of aliphatic hydroxyl groups is 2. The van der Waals surface area contributed by atoms with E-state index >= 15 is 0 Å². The van der Waals surface area contributed by atoms with Crippen molar-refractivity contribution in [3.05, 3.63) is 12.0 Å². The molecule has 1 aliphatic rings. The second kappa shape index (κ2) is 4.48. The third-order valence-corrected chi connectivity index (χ3v) is 1.84. The minimum absolute atomic E-state index is 0.0845. The molecule has 1 aliphatic heterocycles. The summed E-state index contributed by atoms with van der Waals surface area (Å²) in [5.74, 6) is 0.226. The fraction of sp³-hybridized carbons (Fsp3) is 0.778. The van der Waals surface area contributed by atoms with E-state index in [0.29, 0.717) is 13.0 Å². The van der Waals surface area contributed by atoms with Gasteiger partial charge in [0.1, 0.15) is 19.0 Å². The number of rotatable bonds is 2. The van der Waals surface area contributed by atoms with Crippen LogP contribution in [0.4, 0.5) is 0 Å². The van der Waals surface area contributed by atoms with Gasteiger partial charge >= 0.3 is 0 Å². The van der Waals surface area contributed by atoms with Crippen LogP contribution in [0.2, 0.25) is 0 Å². The first-order valence-electron chi connectivity index (χ1n) is 4.44. The molecule has 0 saturated carbocycles. The average Bonchev–Trinajstić information content (AvgIpc) is 2.03. The van der Waals surface area contributed by atoms with E-state index in [2.05, 4.69) is 0 Å². The lowest BCUT2D eigenvalue weighted by Crippen LogP contribution is -2.34. The van der Waals surface area contributed by atoms with Crippen LogP contribution in [-0.4, -0.2) is 35.1 Å². The molecule has 1 rings (SSSR count). The quantitative estimate of drug-likeness (QED) is 0.634. The second-order valence-corrected chi connectivity index (χ2v) is 3.40. The van der Waals surface area contributed by atoms with E-state index in [1.807, 2.05) is 13.8 Å². The molecule has 2 N–H and O–H groups in total. The van der Waals surface area contributed by atoms with Gasteiger partial charge in [-0.15, -0.1) is 0 Å². The van der Waals surface area contributed by atoms with Crippen molar-refractivity contribution in [2.75, 3.05) is 6.61 Å². The van der Waals surface area contributed by atoms with Gasteiger partial charge in [0.2, 0.25) is 0 Å². The number of aliphatic hydroxyl groups excluding tert-OH is 2. The molecule has 0 aliphatic carbocycles. The molecular weight excluding hydrogens is 172 g/mol. The van der Waals surface area contributed by atoms with Crippen LogP contribution in [0.5, 0.6) is 0 Å². The Kier molecular flexibility index (Phi) is 3.57. The molecule has 76 valence electrons. The summed E-state index contributed by atoms with van der Waals surface area (Å²) in [6.45, 7) is 4.26. The van der Waals surface area contributed by atoms with Gasteiger partial charge in [-0.2, -0.15) is 0 Å². The predicted molar refractivity (Wildman–Crippen MR) is 47.3 cm³/mol. The molecule has 13 heavy (non-hydrogen) atoms. The Morgan fingerprint density at radius 1 is 1.62 bits per heavy atom. The third-order valence-electron chi connectivity index (χ3n) is 1.84. The van der Waals surface area contributed by atoms with Gasteiger partial charge in [0.25, 0.3) is 0 Å². The van der Waals surface area contributed by atoms with E-state index in [1.165, 1.54) is 0 Å². The highest BCUT2D eigenvalue weighted by Crippen LogP contribution is 2.20. The normalized spacial score (nSPS) is 32.2. The summed E-state index contributed by atoms with van der Waals surface area (Å²) in [6.07, 6.45) is 0.572. The molecule has 1 fully saturated rings. The minimum atomic E-state index is -0.748. The van der Waals surface area contributed by atoms with E-state index < -0.39 is 6.10 Å². The Morgan fingerprint density at radius 2 is 2.31 bits per heavy atom. The summed E-state index contributed by atoms with van der Waals surface area (Å²) >= 11 is 0. The van der Waals surface area contributed by atoms with Gasteiger partial charge in [-0.25, -0.2) is 0 Å². The second-order valence-electron chi connectivity index (χ2n) is 3.40. The van der Waals surface area contributed by atoms with Gasteiger partial charge in [0.05, 0.1) is 12.2 Å². The topological polar surface area (TPSA) is 58.9 Å². The number of ether oxygens (including phenoxy) is 2. The lowest BCUT2D eigenvalue weighted by atomic mass is 10.1. The average molecular weight is 188 g/mol. The van der Waals surface area contributed by atoms with Gasteiger partial charge in [-0.05, 0) is 13.8 Å². The number of hydrogen-bond donors (Lipinski definition) is 2. The highest BCUT2D eigenvalue weighted by Gasteiger charge is 2.26. The first kappa shape index (κ1) is 10.3. The first-order chi connectivity index (χ1) is 6.13. The SMILES string of the molecule is CC(C)O[C@H]1CO/C(=C\O)[C@@H](O)C1. The lowest BCUT2D eigenvalue weighted by Gasteiger charge is -2.29. The van der Waals surface area contributed by atoms with Crippen molar-refractivity contribution < 1.29 is 19.7 Å². The van der Waals surface area contributed by atoms with Gasteiger partial charge < -0.3 is 19.7 Å². The van der Waals surface area contributed by atoms with Crippen LogP contribution in [0.3, 0.4) is 0 Å². The molecule has 0 amide bonds. The fourth-order valence-electron chi connectivity index (χ4n) is 1.32. The fourth-order valence-corrected chi connectivity index (χ4v) is 1.32. The molecule has 4 nitrogen and oxygen atoms in total. The Hall–Kier alpha value is -0.740. The molecule has 0 radical (unpaired) electrons. The molecule has 0 spiro atoms. The van der Waals surface area contributed by atoms with E-state index in [0.717, 1.165) is 6.26 Å². The summed E-state index contributed by atoms with van der Waals surface area (Å²) < 4.78 is 10.5. The van der Waals surface area contributed by atoms with E-state index in [1.54, 1.807) is 0 Å². The minimum Gasteiger partial charge on any atom is -0.512 e. The highest BCUT2D eigenvalue weighted by molar-refractivity contribution is 4.99. The Labute approximate surface area is 77.8 Å². The lowest BCUT2D eigenvalue weighted by molar-refractivity contribution is -0.0870. The molecule has 0 unspecified atom stereocenters. The van der Waals surface area contributed by atoms with Gasteiger partial charge in [-0.3, -0.25) is 0 Å². The summed E-state index contributed by atoms with van der Waals surface area (Å²) in [4.78, 5) is 0. The summed E-state index contributed by atoms with van der Waals surface area (Å²) in [7, 11) is 0. The van der Waals surface area contributed by atoms with Crippen molar-refractivity contribution >= 4 is 0 Å². The zero-order chi connectivity index (χ0) is 9.84. The molecule has 0 aromatic rings. The standard InChI is InChI=1S/C9H16O4/c1-6(2)13-7-3-8(11)9(4-10)12-5-7/h4,6-8,10-11H,3,5H2,1-2H3/b9-4-/t7-,8+/m1/s1. The molecule has 4 heteroatoms. The van der Waals surface area contributed by atoms with Crippen molar-refractivity contribution in [2.24, 2.45) is 0 Å². The molecule has 0 aromatic heterocycles. The molecule has 0 bridgehead atoms. The monoisotopic (exact) mass is 188 g/mol. The molecule has 1 heterocycles. The van der Waals surface area contributed by atoms with Crippen molar-refractivity contribution in [2.45, 2.75) is 38.6 Å². The molecular formula is C9H16O4. The molecule has 1 saturated heterocycles. The van der Waals surface area contributed by atoms with Crippen LogP contribution in [0.15, 0.2) is 12.0 Å². The molecule has 0 aromatic carbocycles. The van der Waals surface area contributed by atoms with Crippen molar-refractivity contribution in [1.82, 2.24) is 0 Å². The predicted octanol–water partition coefficient (Wildman–Crippen LogP) is 0.961. The van der Waals surface area contributed by atoms with Crippen molar-refractivity contribution in [3.63, 3.8) is 0 Å². The van der Waals surface area contributed by atoms with E-state index in [9.17, 15) is 5.11 Å². The largest absolute Gasteiger partial charge is 0.512 e. The van der Waals surface area contributed by atoms with Crippen LogP contribution < -0.4 is 0 Å². The summed E-state index contributed by atoms with van der Waals surface area (Å²) in [6, 6.07) is 0. The van der Waals surface area contributed by atoms with E-state index in [4.69, 9.17) is 14.6 Å². The Balaban J connectivity index is 2.41. The Morgan fingerprint density at radius 3 is 2.77 bits per heavy atom. The molecule has 2 atom stereocenters. The van der Waals surface area contributed by atoms with Crippen LogP contribution in [0, 0.1) is 0 Å². The van der Waals surface area contributed by atoms with Crippen LogP contribution in [-0.2, 0) is 9.47 Å². The number of hydrogen-bond acceptors (Lipinski definition) is 4. The summed E-state index contributed by atoms with van der Waals surface area (Å²) in [5, 5.41) is 18.1. The smallest absolute Gasteiger partial charge is 0.159 e. The van der Waals surface area contributed by atoms with Crippen LogP contribution >= 0.6 is 0 Å². The van der Waals surface area contributed by atoms with Crippen molar-refractivity contribution in [3.8, 4) is 0 Å². The summed E-state index contributed by atoms with van der Waals surface area (Å²) in [5.41, 5.74) is 0. The van der Waals surface area contributed by atoms with Crippen molar-refractivity contribution in [1.29, 1.82) is 0 Å². The maximum Gasteiger partial charge on any atom is 0.159 e. The zero-order valence-electron chi connectivity index (χ0n) is 7.93. The maximum absolute atomic E-state index is 9.42. The van der Waals surface area contributed by atoms with Gasteiger partial charge in [0, 0.05) is 6.42 Å². The van der Waals surface area contributed by atoms with Crippen LogP contribution in [0.25, 0.3) is 0 Å². The third kappa shape index (κ3) is 2.90. The first-order valence-corrected chi connectivity index (χ1v) is 4.44. The van der Waals surface area contributed by atoms with Crippen LogP contribution in [0.1, 0.15) is 20.3 Å². The van der Waals surface area contributed by atoms with Gasteiger partial charge in [0.15, 0.2) is 5.76 Å². The highest BCUT2D eigenvalue weighted by atomic mass is 16.6. The van der Waals surface area contributed by atoms with Gasteiger partial charge in [-0.1, -0.05) is 0 Å². The maximum atomic E-state index is 9.42. The Bertz CT molecular complexity index is 188.